The van der Waals surface area contributed by atoms with Crippen LogP contribution in [0.2, 0.25) is 5.02 Å². The van der Waals surface area contributed by atoms with Crippen molar-refractivity contribution in [3.63, 3.8) is 0 Å². The molecule has 0 unspecified atom stereocenters. The number of benzene rings is 1. The normalized spacial score (nSPS) is 18.1. The maximum Gasteiger partial charge on any atom is 0.226 e. The molecule has 0 bridgehead atoms. The number of hydrogen-bond donors (Lipinski definition) is 2. The lowest BCUT2D eigenvalue weighted by atomic mass is 10.0. The molecule has 1 heterocycles. The Morgan fingerprint density at radius 3 is 2.75 bits per heavy atom. The smallest absolute Gasteiger partial charge is 0.226 e. The second-order valence-electron chi connectivity index (χ2n) is 4.55. The van der Waals surface area contributed by atoms with Gasteiger partial charge in [-0.15, -0.1) is 0 Å². The molecule has 2 rings (SSSR count). The quantitative estimate of drug-likeness (QED) is 0.734. The number of hydrogen-bond acceptors (Lipinski definition) is 2. The topological polar surface area (TPSA) is 41.1 Å². The van der Waals surface area contributed by atoms with Crippen molar-refractivity contribution in [3.05, 3.63) is 23.0 Å². The van der Waals surface area contributed by atoms with E-state index in [1.807, 2.05) is 13.8 Å². The summed E-state index contributed by atoms with van der Waals surface area (Å²) in [6.07, 6.45) is 0.320. The molecule has 1 aromatic carbocycles. The molecule has 16 heavy (non-hydrogen) atoms. The minimum atomic E-state index is -0.540. The van der Waals surface area contributed by atoms with Crippen LogP contribution in [0.1, 0.15) is 20.3 Å². The molecule has 0 aromatic heterocycles. The summed E-state index contributed by atoms with van der Waals surface area (Å²) in [5.74, 6) is -0.680. The van der Waals surface area contributed by atoms with Crippen LogP contribution in [0.5, 0.6) is 0 Å². The van der Waals surface area contributed by atoms with Gasteiger partial charge in [0.15, 0.2) is 0 Å². The zero-order chi connectivity index (χ0) is 11.9. The zero-order valence-corrected chi connectivity index (χ0v) is 9.78. The second-order valence-corrected chi connectivity index (χ2v) is 4.95. The molecule has 2 N–H and O–H groups in total. The number of halogens is 2. The molecule has 3 nitrogen and oxygen atoms in total. The van der Waals surface area contributed by atoms with Crippen molar-refractivity contribution in [3.8, 4) is 0 Å². The van der Waals surface area contributed by atoms with E-state index in [0.717, 1.165) is 0 Å². The van der Waals surface area contributed by atoms with Gasteiger partial charge in [0.05, 0.1) is 16.4 Å². The van der Waals surface area contributed by atoms with E-state index < -0.39 is 5.82 Å². The van der Waals surface area contributed by atoms with Crippen molar-refractivity contribution in [2.75, 3.05) is 10.6 Å². The molecule has 1 aliphatic rings. The number of nitrogens with one attached hydrogen (secondary N) is 2. The Morgan fingerprint density at radius 1 is 1.38 bits per heavy atom. The highest BCUT2D eigenvalue weighted by Gasteiger charge is 2.27. The van der Waals surface area contributed by atoms with Crippen molar-refractivity contribution in [2.24, 2.45) is 0 Å². The predicted octanol–water partition coefficient (Wildman–Crippen LogP) is 3.01. The SMILES string of the molecule is CC1(C)CC(=O)Nc2cc(F)c(Cl)cc2N1. The third kappa shape index (κ3) is 2.11. The molecule has 0 radical (unpaired) electrons. The predicted molar refractivity (Wildman–Crippen MR) is 62.4 cm³/mol. The molecular formula is C11H12ClFN2O. The molecule has 0 saturated heterocycles. The van der Waals surface area contributed by atoms with Crippen LogP contribution in [-0.2, 0) is 4.79 Å². The number of carbonyl (C=O) groups excluding carboxylic acids is 1. The first-order valence-corrected chi connectivity index (χ1v) is 5.32. The third-order valence-electron chi connectivity index (χ3n) is 2.41. The molecule has 1 aromatic rings. The Bertz CT molecular complexity index is 460. The minimum Gasteiger partial charge on any atom is -0.378 e. The van der Waals surface area contributed by atoms with E-state index in [-0.39, 0.29) is 16.5 Å². The van der Waals surface area contributed by atoms with Crippen LogP contribution >= 0.6 is 11.6 Å². The van der Waals surface area contributed by atoms with Crippen molar-refractivity contribution >= 4 is 28.9 Å². The maximum atomic E-state index is 13.2. The van der Waals surface area contributed by atoms with E-state index in [0.29, 0.717) is 17.8 Å². The van der Waals surface area contributed by atoms with Gasteiger partial charge in [-0.25, -0.2) is 4.39 Å². The lowest BCUT2D eigenvalue weighted by Crippen LogP contribution is -2.32. The number of fused-ring (bicyclic) bond motifs is 1. The van der Waals surface area contributed by atoms with Crippen LogP contribution in [0.25, 0.3) is 0 Å². The van der Waals surface area contributed by atoms with Crippen molar-refractivity contribution in [1.82, 2.24) is 0 Å². The Balaban J connectivity index is 2.50. The zero-order valence-electron chi connectivity index (χ0n) is 9.03. The summed E-state index contributed by atoms with van der Waals surface area (Å²) in [5, 5.41) is 5.85. The number of rotatable bonds is 0. The van der Waals surface area contributed by atoms with E-state index >= 15 is 0 Å². The fourth-order valence-electron chi connectivity index (χ4n) is 1.76. The molecule has 1 aliphatic heterocycles. The van der Waals surface area contributed by atoms with Crippen molar-refractivity contribution < 1.29 is 9.18 Å². The fourth-order valence-corrected chi connectivity index (χ4v) is 1.92. The van der Waals surface area contributed by atoms with Gasteiger partial charge in [-0.3, -0.25) is 4.79 Å². The molecular weight excluding hydrogens is 231 g/mol. The Morgan fingerprint density at radius 2 is 2.06 bits per heavy atom. The molecule has 5 heteroatoms. The highest BCUT2D eigenvalue weighted by Crippen LogP contribution is 2.33. The molecule has 0 fully saturated rings. The Hall–Kier alpha value is -1.29. The molecule has 0 atom stereocenters. The Labute approximate surface area is 98.0 Å². The monoisotopic (exact) mass is 242 g/mol. The lowest BCUT2D eigenvalue weighted by molar-refractivity contribution is -0.116. The highest BCUT2D eigenvalue weighted by molar-refractivity contribution is 6.31. The van der Waals surface area contributed by atoms with Crippen LogP contribution in [0, 0.1) is 5.82 Å². The van der Waals surface area contributed by atoms with Crippen LogP contribution in [0.3, 0.4) is 0 Å². The van der Waals surface area contributed by atoms with Gasteiger partial charge in [-0.2, -0.15) is 0 Å². The van der Waals surface area contributed by atoms with Gasteiger partial charge in [0.2, 0.25) is 5.91 Å². The van der Waals surface area contributed by atoms with Crippen LogP contribution in [-0.4, -0.2) is 11.4 Å². The maximum absolute atomic E-state index is 13.2. The summed E-state index contributed by atoms with van der Waals surface area (Å²) in [5.41, 5.74) is 0.691. The third-order valence-corrected chi connectivity index (χ3v) is 2.70. The first kappa shape index (κ1) is 11.2. The van der Waals surface area contributed by atoms with E-state index in [9.17, 15) is 9.18 Å². The molecule has 0 saturated carbocycles. The molecule has 86 valence electrons. The molecule has 0 aliphatic carbocycles. The van der Waals surface area contributed by atoms with Gasteiger partial charge < -0.3 is 10.6 Å². The number of anilines is 2. The second kappa shape index (κ2) is 3.63. The summed E-state index contributed by atoms with van der Waals surface area (Å²) >= 11 is 5.70. The summed E-state index contributed by atoms with van der Waals surface area (Å²) in [7, 11) is 0. The van der Waals surface area contributed by atoms with Crippen LogP contribution in [0.15, 0.2) is 12.1 Å². The van der Waals surface area contributed by atoms with Gasteiger partial charge in [-0.1, -0.05) is 11.6 Å². The molecule has 1 amide bonds. The van der Waals surface area contributed by atoms with Crippen molar-refractivity contribution in [2.45, 2.75) is 25.8 Å². The first-order valence-electron chi connectivity index (χ1n) is 4.94. The van der Waals surface area contributed by atoms with Gasteiger partial charge in [0.1, 0.15) is 5.82 Å². The van der Waals surface area contributed by atoms with E-state index in [4.69, 9.17) is 11.6 Å². The average Bonchev–Trinajstić information content (AvgIpc) is 2.21. The van der Waals surface area contributed by atoms with Gasteiger partial charge in [0, 0.05) is 18.0 Å². The van der Waals surface area contributed by atoms with Gasteiger partial charge in [-0.05, 0) is 19.9 Å². The van der Waals surface area contributed by atoms with Crippen LogP contribution < -0.4 is 10.6 Å². The summed E-state index contributed by atoms with van der Waals surface area (Å²) < 4.78 is 13.2. The summed E-state index contributed by atoms with van der Waals surface area (Å²) in [4.78, 5) is 11.6. The average molecular weight is 243 g/mol. The van der Waals surface area contributed by atoms with Gasteiger partial charge in [0.25, 0.3) is 0 Å². The standard InChI is InChI=1S/C11H12ClFN2O/c1-11(2)5-10(16)14-8-4-7(13)6(12)3-9(8)15-11/h3-4,15H,5H2,1-2H3,(H,14,16). The van der Waals surface area contributed by atoms with Crippen LogP contribution in [0.4, 0.5) is 15.8 Å². The van der Waals surface area contributed by atoms with E-state index in [1.54, 1.807) is 0 Å². The lowest BCUT2D eigenvalue weighted by Gasteiger charge is -2.24. The summed E-state index contributed by atoms with van der Waals surface area (Å²) in [6.45, 7) is 3.80. The summed E-state index contributed by atoms with van der Waals surface area (Å²) in [6, 6.07) is 2.71. The fraction of sp³-hybridized carbons (Fsp3) is 0.364. The number of carbonyl (C=O) groups is 1. The number of amides is 1. The van der Waals surface area contributed by atoms with Crippen molar-refractivity contribution in [1.29, 1.82) is 0 Å². The van der Waals surface area contributed by atoms with Gasteiger partial charge >= 0.3 is 0 Å². The molecule has 0 spiro atoms. The highest BCUT2D eigenvalue weighted by atomic mass is 35.5. The first-order chi connectivity index (χ1) is 7.37. The van der Waals surface area contributed by atoms with E-state index in [1.165, 1.54) is 12.1 Å². The minimum absolute atomic E-state index is 0.0400. The van der Waals surface area contributed by atoms with E-state index in [2.05, 4.69) is 10.6 Å². The Kier molecular flexibility index (Phi) is 2.54. The largest absolute Gasteiger partial charge is 0.378 e.